The van der Waals surface area contributed by atoms with Crippen molar-refractivity contribution in [2.45, 2.75) is 39.8 Å². The SMILES string of the molecule is Cc1noc(-c2ccc(Cn3cnc(C(=O)O)c3C)cc2)c1CC(=O)OC(C)c1ccccc1Cl. The molecule has 1 atom stereocenters. The molecule has 1 unspecified atom stereocenters. The van der Waals surface area contributed by atoms with E-state index in [1.165, 1.54) is 6.33 Å². The van der Waals surface area contributed by atoms with E-state index in [0.29, 0.717) is 34.3 Å². The van der Waals surface area contributed by atoms with Gasteiger partial charge in [-0.3, -0.25) is 4.79 Å². The Labute approximate surface area is 207 Å². The Bertz CT molecular complexity index is 1370. The smallest absolute Gasteiger partial charge is 0.356 e. The van der Waals surface area contributed by atoms with Gasteiger partial charge in [0.25, 0.3) is 0 Å². The van der Waals surface area contributed by atoms with Crippen molar-refractivity contribution in [2.24, 2.45) is 0 Å². The molecule has 4 aromatic rings. The molecule has 9 heteroatoms. The zero-order chi connectivity index (χ0) is 25.1. The number of halogens is 1. The Morgan fingerprint density at radius 2 is 1.86 bits per heavy atom. The van der Waals surface area contributed by atoms with Crippen LogP contribution in [-0.2, 0) is 22.5 Å². The summed E-state index contributed by atoms with van der Waals surface area (Å²) >= 11 is 6.22. The lowest BCUT2D eigenvalue weighted by molar-refractivity contribution is -0.147. The van der Waals surface area contributed by atoms with Gasteiger partial charge < -0.3 is 18.9 Å². The van der Waals surface area contributed by atoms with Crippen LogP contribution in [0.25, 0.3) is 11.3 Å². The third-order valence-corrected chi connectivity index (χ3v) is 6.17. The van der Waals surface area contributed by atoms with Crippen LogP contribution in [0.4, 0.5) is 0 Å². The molecule has 2 aromatic carbocycles. The minimum Gasteiger partial charge on any atom is -0.476 e. The maximum absolute atomic E-state index is 12.7. The maximum Gasteiger partial charge on any atom is 0.356 e. The molecule has 0 aliphatic heterocycles. The van der Waals surface area contributed by atoms with Gasteiger partial charge in [0.15, 0.2) is 11.5 Å². The van der Waals surface area contributed by atoms with Crippen molar-refractivity contribution in [3.8, 4) is 11.3 Å². The van der Waals surface area contributed by atoms with Crippen LogP contribution in [0.2, 0.25) is 5.02 Å². The van der Waals surface area contributed by atoms with E-state index in [-0.39, 0.29) is 12.1 Å². The van der Waals surface area contributed by atoms with E-state index in [0.717, 1.165) is 16.7 Å². The zero-order valence-electron chi connectivity index (χ0n) is 19.5. The van der Waals surface area contributed by atoms with Gasteiger partial charge >= 0.3 is 11.9 Å². The molecule has 0 spiro atoms. The molecule has 2 heterocycles. The van der Waals surface area contributed by atoms with Gasteiger partial charge in [-0.05, 0) is 32.4 Å². The molecular formula is C26H24ClN3O5. The van der Waals surface area contributed by atoms with Crippen LogP contribution >= 0.6 is 11.6 Å². The van der Waals surface area contributed by atoms with Gasteiger partial charge in [0.1, 0.15) is 6.10 Å². The fourth-order valence-electron chi connectivity index (χ4n) is 3.85. The minimum atomic E-state index is -1.05. The van der Waals surface area contributed by atoms with E-state index < -0.39 is 18.0 Å². The second-order valence-electron chi connectivity index (χ2n) is 8.21. The highest BCUT2D eigenvalue weighted by atomic mass is 35.5. The molecule has 0 radical (unpaired) electrons. The second kappa shape index (κ2) is 10.1. The topological polar surface area (TPSA) is 107 Å². The number of aromatic nitrogens is 3. The highest BCUT2D eigenvalue weighted by Gasteiger charge is 2.21. The summed E-state index contributed by atoms with van der Waals surface area (Å²) in [6.45, 7) is 5.75. The van der Waals surface area contributed by atoms with Gasteiger partial charge in [0, 0.05) is 34.0 Å². The Kier molecular flexibility index (Phi) is 7.02. The molecule has 0 aliphatic rings. The van der Waals surface area contributed by atoms with Crippen LogP contribution in [0.5, 0.6) is 0 Å². The molecule has 0 bridgehead atoms. The first-order valence-electron chi connectivity index (χ1n) is 11.0. The number of carbonyl (C=O) groups excluding carboxylic acids is 1. The van der Waals surface area contributed by atoms with Crippen molar-refractivity contribution in [2.75, 3.05) is 0 Å². The van der Waals surface area contributed by atoms with E-state index in [1.807, 2.05) is 42.5 Å². The molecule has 4 rings (SSSR count). The number of imidazole rings is 1. The first-order valence-corrected chi connectivity index (χ1v) is 11.4. The van der Waals surface area contributed by atoms with Crippen LogP contribution in [-0.4, -0.2) is 31.8 Å². The molecular weight excluding hydrogens is 470 g/mol. The Morgan fingerprint density at radius 1 is 1.14 bits per heavy atom. The molecule has 0 fully saturated rings. The lowest BCUT2D eigenvalue weighted by Gasteiger charge is -2.15. The summed E-state index contributed by atoms with van der Waals surface area (Å²) in [5.74, 6) is -0.959. The summed E-state index contributed by atoms with van der Waals surface area (Å²) in [5.41, 5.74) is 4.36. The monoisotopic (exact) mass is 493 g/mol. The summed E-state index contributed by atoms with van der Waals surface area (Å²) < 4.78 is 12.9. The van der Waals surface area contributed by atoms with Crippen LogP contribution in [0, 0.1) is 13.8 Å². The van der Waals surface area contributed by atoms with Crippen molar-refractivity contribution >= 4 is 23.5 Å². The van der Waals surface area contributed by atoms with Crippen LogP contribution < -0.4 is 0 Å². The molecule has 180 valence electrons. The molecule has 8 nitrogen and oxygen atoms in total. The summed E-state index contributed by atoms with van der Waals surface area (Å²) in [6, 6.07) is 14.8. The molecule has 1 N–H and O–H groups in total. The van der Waals surface area contributed by atoms with E-state index in [4.69, 9.17) is 20.9 Å². The zero-order valence-corrected chi connectivity index (χ0v) is 20.2. The second-order valence-corrected chi connectivity index (χ2v) is 8.62. The number of carboxylic acid groups (broad SMARTS) is 1. The van der Waals surface area contributed by atoms with Crippen molar-refractivity contribution in [3.63, 3.8) is 0 Å². The lowest BCUT2D eigenvalue weighted by atomic mass is 10.0. The van der Waals surface area contributed by atoms with Crippen molar-refractivity contribution < 1.29 is 24.0 Å². The van der Waals surface area contributed by atoms with Crippen molar-refractivity contribution in [1.82, 2.24) is 14.7 Å². The molecule has 0 amide bonds. The average molecular weight is 494 g/mol. The summed E-state index contributed by atoms with van der Waals surface area (Å²) in [6.07, 6.45) is 1.03. The number of esters is 1. The summed E-state index contributed by atoms with van der Waals surface area (Å²) in [5, 5.41) is 13.8. The largest absolute Gasteiger partial charge is 0.476 e. The number of aromatic carboxylic acids is 1. The van der Waals surface area contributed by atoms with Gasteiger partial charge in [0.2, 0.25) is 0 Å². The van der Waals surface area contributed by atoms with E-state index >= 15 is 0 Å². The summed E-state index contributed by atoms with van der Waals surface area (Å²) in [7, 11) is 0. The number of benzene rings is 2. The quantitative estimate of drug-likeness (QED) is 0.327. The van der Waals surface area contributed by atoms with Crippen molar-refractivity contribution in [3.05, 3.63) is 93.7 Å². The maximum atomic E-state index is 12.7. The lowest BCUT2D eigenvalue weighted by Crippen LogP contribution is -2.12. The van der Waals surface area contributed by atoms with Crippen molar-refractivity contribution in [1.29, 1.82) is 0 Å². The first-order chi connectivity index (χ1) is 16.7. The predicted octanol–water partition coefficient (Wildman–Crippen LogP) is 5.40. The van der Waals surface area contributed by atoms with Crippen LogP contribution in [0.15, 0.2) is 59.4 Å². The van der Waals surface area contributed by atoms with Gasteiger partial charge in [-0.1, -0.05) is 59.2 Å². The molecule has 0 saturated carbocycles. The van der Waals surface area contributed by atoms with Gasteiger partial charge in [0.05, 0.1) is 18.4 Å². The number of nitrogens with zero attached hydrogens (tertiary/aromatic N) is 3. The average Bonchev–Trinajstić information content (AvgIpc) is 3.37. The normalized spacial score (nSPS) is 11.9. The van der Waals surface area contributed by atoms with Gasteiger partial charge in [-0.2, -0.15) is 0 Å². The summed E-state index contributed by atoms with van der Waals surface area (Å²) in [4.78, 5) is 27.9. The van der Waals surface area contributed by atoms with E-state index in [9.17, 15) is 14.7 Å². The highest BCUT2D eigenvalue weighted by Crippen LogP contribution is 2.29. The molecule has 35 heavy (non-hydrogen) atoms. The van der Waals surface area contributed by atoms with Crippen LogP contribution in [0.3, 0.4) is 0 Å². The third-order valence-electron chi connectivity index (χ3n) is 5.83. The fourth-order valence-corrected chi connectivity index (χ4v) is 4.14. The third kappa shape index (κ3) is 5.27. The first kappa shape index (κ1) is 24.2. The highest BCUT2D eigenvalue weighted by molar-refractivity contribution is 6.31. The van der Waals surface area contributed by atoms with E-state index in [1.54, 1.807) is 31.4 Å². The Morgan fingerprint density at radius 3 is 2.51 bits per heavy atom. The predicted molar refractivity (Wildman–Crippen MR) is 129 cm³/mol. The Hall–Kier alpha value is -3.91. The number of hydrogen-bond acceptors (Lipinski definition) is 6. The van der Waals surface area contributed by atoms with Gasteiger partial charge in [-0.15, -0.1) is 0 Å². The number of aryl methyl sites for hydroxylation is 1. The van der Waals surface area contributed by atoms with Crippen LogP contribution in [0.1, 0.15) is 51.6 Å². The number of carbonyl (C=O) groups is 2. The number of carboxylic acids is 1. The minimum absolute atomic E-state index is 0.00735. The van der Waals surface area contributed by atoms with E-state index in [2.05, 4.69) is 10.1 Å². The van der Waals surface area contributed by atoms with Gasteiger partial charge in [-0.25, -0.2) is 9.78 Å². The standard InChI is InChI=1S/C26H24ClN3O5/c1-15-21(12-23(31)34-17(3)20-6-4-5-7-22(20)27)25(35-29-15)19-10-8-18(9-11-19)13-30-14-28-24(16(30)2)26(32)33/h4-11,14,17H,12-13H2,1-3H3,(H,32,33). The molecule has 2 aromatic heterocycles. The number of hydrogen-bond donors (Lipinski definition) is 1. The molecule has 0 saturated heterocycles. The number of ether oxygens (including phenoxy) is 1. The Balaban J connectivity index is 1.47. The fraction of sp³-hybridized carbons (Fsp3) is 0.231. The number of rotatable bonds is 8. The molecule has 0 aliphatic carbocycles.